The molecule has 2 fully saturated rings. The van der Waals surface area contributed by atoms with E-state index in [1.807, 2.05) is 0 Å². The zero-order valence-corrected chi connectivity index (χ0v) is 16.6. The number of nitrogens with zero attached hydrogens (tertiary/aromatic N) is 2. The molecule has 0 spiro atoms. The van der Waals surface area contributed by atoms with Crippen LogP contribution in [0.25, 0.3) is 0 Å². The molecule has 0 aliphatic heterocycles. The van der Waals surface area contributed by atoms with Gasteiger partial charge in [-0.25, -0.2) is 9.97 Å². The number of hydrogen-bond donors (Lipinski definition) is 0. The van der Waals surface area contributed by atoms with Crippen molar-refractivity contribution >= 4 is 0 Å². The Hall–Kier alpha value is -0.920. The zero-order chi connectivity index (χ0) is 17.5. The van der Waals surface area contributed by atoms with E-state index >= 15 is 0 Å². The van der Waals surface area contributed by atoms with Gasteiger partial charge < -0.3 is 0 Å². The molecule has 0 bridgehead atoms. The Labute approximate surface area is 155 Å². The molecule has 0 unspecified atom stereocenters. The third-order valence-corrected chi connectivity index (χ3v) is 6.71. The third kappa shape index (κ3) is 5.05. The standard InChI is InChI=1S/C23H38N2/c1-3-5-12-22-21(9-4-2)17-24-23(25-22)20-15-13-19(14-16-20)18-10-7-6-8-11-18/h17-20H,3-16H2,1-2H3. The van der Waals surface area contributed by atoms with Crippen molar-refractivity contribution in [1.82, 2.24) is 9.97 Å². The number of hydrogen-bond acceptors (Lipinski definition) is 2. The maximum atomic E-state index is 5.08. The Morgan fingerprint density at radius 2 is 1.56 bits per heavy atom. The Morgan fingerprint density at radius 3 is 2.24 bits per heavy atom. The first-order valence-corrected chi connectivity index (χ1v) is 11.2. The minimum Gasteiger partial charge on any atom is -0.241 e. The van der Waals surface area contributed by atoms with E-state index in [-0.39, 0.29) is 0 Å². The van der Waals surface area contributed by atoms with Crippen molar-refractivity contribution in [1.29, 1.82) is 0 Å². The minimum atomic E-state index is 0.621. The predicted octanol–water partition coefficient (Wildman–Crippen LogP) is 6.63. The summed E-state index contributed by atoms with van der Waals surface area (Å²) in [6.07, 6.45) is 21.0. The van der Waals surface area contributed by atoms with E-state index in [0.717, 1.165) is 30.5 Å². The molecule has 3 rings (SSSR count). The van der Waals surface area contributed by atoms with Crippen LogP contribution >= 0.6 is 0 Å². The molecule has 0 amide bonds. The monoisotopic (exact) mass is 342 g/mol. The summed E-state index contributed by atoms with van der Waals surface area (Å²) in [4.78, 5) is 9.90. The van der Waals surface area contributed by atoms with Crippen LogP contribution in [0, 0.1) is 11.8 Å². The van der Waals surface area contributed by atoms with Crippen LogP contribution < -0.4 is 0 Å². The summed E-state index contributed by atoms with van der Waals surface area (Å²) in [5, 5.41) is 0. The highest BCUT2D eigenvalue weighted by Crippen LogP contribution is 2.42. The Bertz CT molecular complexity index is 511. The van der Waals surface area contributed by atoms with Crippen LogP contribution in [-0.2, 0) is 12.8 Å². The average Bonchev–Trinajstić information content (AvgIpc) is 2.68. The smallest absolute Gasteiger partial charge is 0.131 e. The summed E-state index contributed by atoms with van der Waals surface area (Å²) in [5.41, 5.74) is 2.75. The Balaban J connectivity index is 1.61. The molecule has 2 saturated carbocycles. The number of unbranched alkanes of at least 4 members (excludes halogenated alkanes) is 1. The summed E-state index contributed by atoms with van der Waals surface area (Å²) in [6, 6.07) is 0. The van der Waals surface area contributed by atoms with Crippen molar-refractivity contribution < 1.29 is 0 Å². The molecular weight excluding hydrogens is 304 g/mol. The van der Waals surface area contributed by atoms with Crippen LogP contribution in [0.4, 0.5) is 0 Å². The highest BCUT2D eigenvalue weighted by atomic mass is 14.9. The number of aromatic nitrogens is 2. The summed E-state index contributed by atoms with van der Waals surface area (Å²) < 4.78 is 0. The lowest BCUT2D eigenvalue weighted by Crippen LogP contribution is -2.24. The molecule has 0 N–H and O–H groups in total. The van der Waals surface area contributed by atoms with E-state index in [2.05, 4.69) is 20.0 Å². The zero-order valence-electron chi connectivity index (χ0n) is 16.6. The predicted molar refractivity (Wildman–Crippen MR) is 106 cm³/mol. The van der Waals surface area contributed by atoms with Crippen molar-refractivity contribution in [2.75, 3.05) is 0 Å². The van der Waals surface area contributed by atoms with Gasteiger partial charge in [-0.2, -0.15) is 0 Å². The fourth-order valence-electron chi connectivity index (χ4n) is 5.15. The van der Waals surface area contributed by atoms with Crippen LogP contribution in [-0.4, -0.2) is 9.97 Å². The van der Waals surface area contributed by atoms with Crippen LogP contribution in [0.3, 0.4) is 0 Å². The molecule has 2 heteroatoms. The van der Waals surface area contributed by atoms with E-state index in [1.54, 1.807) is 0 Å². The van der Waals surface area contributed by atoms with Crippen molar-refractivity contribution in [3.8, 4) is 0 Å². The van der Waals surface area contributed by atoms with Gasteiger partial charge in [-0.05, 0) is 62.3 Å². The van der Waals surface area contributed by atoms with Gasteiger partial charge in [0.05, 0.1) is 0 Å². The fraction of sp³-hybridized carbons (Fsp3) is 0.826. The minimum absolute atomic E-state index is 0.621. The maximum Gasteiger partial charge on any atom is 0.131 e. The fourth-order valence-corrected chi connectivity index (χ4v) is 5.15. The maximum absolute atomic E-state index is 5.08. The molecule has 140 valence electrons. The molecule has 2 aliphatic rings. The SMILES string of the molecule is CCCCc1nc(C2CCC(C3CCCCC3)CC2)ncc1CCC. The van der Waals surface area contributed by atoms with Crippen LogP contribution in [0.5, 0.6) is 0 Å². The van der Waals surface area contributed by atoms with E-state index in [0.29, 0.717) is 5.92 Å². The molecule has 1 aromatic heterocycles. The topological polar surface area (TPSA) is 25.8 Å². The highest BCUT2D eigenvalue weighted by Gasteiger charge is 2.30. The first-order chi connectivity index (χ1) is 12.3. The Kier molecular flexibility index (Phi) is 7.31. The van der Waals surface area contributed by atoms with Gasteiger partial charge in [0.2, 0.25) is 0 Å². The van der Waals surface area contributed by atoms with E-state index in [1.165, 1.54) is 88.3 Å². The summed E-state index contributed by atoms with van der Waals surface area (Å²) in [5.74, 6) is 3.81. The van der Waals surface area contributed by atoms with E-state index < -0.39 is 0 Å². The van der Waals surface area contributed by atoms with Gasteiger partial charge in [0.15, 0.2) is 0 Å². The molecule has 2 nitrogen and oxygen atoms in total. The molecule has 0 radical (unpaired) electrons. The van der Waals surface area contributed by atoms with Gasteiger partial charge in [-0.3, -0.25) is 0 Å². The summed E-state index contributed by atoms with van der Waals surface area (Å²) >= 11 is 0. The quantitative estimate of drug-likeness (QED) is 0.556. The van der Waals surface area contributed by atoms with Crippen molar-refractivity contribution in [2.24, 2.45) is 11.8 Å². The number of rotatable bonds is 7. The van der Waals surface area contributed by atoms with Crippen molar-refractivity contribution in [3.05, 3.63) is 23.3 Å². The second kappa shape index (κ2) is 9.69. The van der Waals surface area contributed by atoms with Crippen molar-refractivity contribution in [2.45, 2.75) is 110 Å². The summed E-state index contributed by atoms with van der Waals surface area (Å²) in [7, 11) is 0. The first-order valence-electron chi connectivity index (χ1n) is 11.2. The average molecular weight is 343 g/mol. The lowest BCUT2D eigenvalue weighted by Gasteiger charge is -2.35. The van der Waals surface area contributed by atoms with Gasteiger partial charge in [0.1, 0.15) is 5.82 Å². The number of aryl methyl sites for hydroxylation is 2. The largest absolute Gasteiger partial charge is 0.241 e. The molecule has 0 saturated heterocycles. The van der Waals surface area contributed by atoms with Gasteiger partial charge in [-0.1, -0.05) is 58.8 Å². The van der Waals surface area contributed by atoms with E-state index in [4.69, 9.17) is 9.97 Å². The van der Waals surface area contributed by atoms with Crippen molar-refractivity contribution in [3.63, 3.8) is 0 Å². The normalized spacial score (nSPS) is 25.2. The molecule has 0 aromatic carbocycles. The lowest BCUT2D eigenvalue weighted by atomic mass is 9.71. The molecule has 1 heterocycles. The second-order valence-electron chi connectivity index (χ2n) is 8.56. The molecule has 0 atom stereocenters. The molecule has 25 heavy (non-hydrogen) atoms. The molecule has 2 aliphatic carbocycles. The van der Waals surface area contributed by atoms with Crippen LogP contribution in [0.2, 0.25) is 0 Å². The molecule has 1 aromatic rings. The molecular formula is C23H38N2. The van der Waals surface area contributed by atoms with Gasteiger partial charge in [0.25, 0.3) is 0 Å². The highest BCUT2D eigenvalue weighted by molar-refractivity contribution is 5.19. The summed E-state index contributed by atoms with van der Waals surface area (Å²) in [6.45, 7) is 4.53. The second-order valence-corrected chi connectivity index (χ2v) is 8.56. The third-order valence-electron chi connectivity index (χ3n) is 6.71. The van der Waals surface area contributed by atoms with Gasteiger partial charge in [0, 0.05) is 17.8 Å². The van der Waals surface area contributed by atoms with Crippen LogP contribution in [0.15, 0.2) is 6.20 Å². The van der Waals surface area contributed by atoms with Gasteiger partial charge >= 0.3 is 0 Å². The van der Waals surface area contributed by atoms with E-state index in [9.17, 15) is 0 Å². The Morgan fingerprint density at radius 1 is 0.840 bits per heavy atom. The van der Waals surface area contributed by atoms with Gasteiger partial charge in [-0.15, -0.1) is 0 Å². The lowest BCUT2D eigenvalue weighted by molar-refractivity contribution is 0.184. The van der Waals surface area contributed by atoms with Crippen LogP contribution in [0.1, 0.15) is 114 Å². The first kappa shape index (κ1) is 18.9.